The van der Waals surface area contributed by atoms with Crippen molar-refractivity contribution in [2.75, 3.05) is 5.32 Å². The SMILES string of the molecule is Cc1nnc(NC(=O)c2sc3ccccc3c2C)s1. The molecule has 0 radical (unpaired) electrons. The van der Waals surface area contributed by atoms with Gasteiger partial charge < -0.3 is 0 Å². The minimum Gasteiger partial charge on any atom is -0.296 e. The molecule has 1 amide bonds. The van der Waals surface area contributed by atoms with E-state index in [9.17, 15) is 4.79 Å². The van der Waals surface area contributed by atoms with Gasteiger partial charge in [-0.3, -0.25) is 10.1 Å². The molecule has 3 aromatic rings. The Labute approximate surface area is 118 Å². The zero-order chi connectivity index (χ0) is 13.4. The molecule has 96 valence electrons. The summed E-state index contributed by atoms with van der Waals surface area (Å²) in [5.74, 6) is -0.116. The van der Waals surface area contributed by atoms with Gasteiger partial charge in [0.05, 0.1) is 4.88 Å². The number of aromatic nitrogens is 2. The fourth-order valence-corrected chi connectivity index (χ4v) is 3.58. The molecule has 6 heteroatoms. The third kappa shape index (κ3) is 2.24. The van der Waals surface area contributed by atoms with Gasteiger partial charge in [-0.2, -0.15) is 0 Å². The van der Waals surface area contributed by atoms with Crippen molar-refractivity contribution in [2.45, 2.75) is 13.8 Å². The number of anilines is 1. The second-order valence-electron chi connectivity index (χ2n) is 4.13. The van der Waals surface area contributed by atoms with Crippen LogP contribution in [0.1, 0.15) is 20.2 Å². The number of nitrogens with zero attached hydrogens (tertiary/aromatic N) is 2. The lowest BCUT2D eigenvalue weighted by atomic mass is 10.1. The molecule has 0 aliphatic carbocycles. The third-order valence-electron chi connectivity index (χ3n) is 2.80. The van der Waals surface area contributed by atoms with Gasteiger partial charge in [0.15, 0.2) is 0 Å². The summed E-state index contributed by atoms with van der Waals surface area (Å²) in [6.07, 6.45) is 0. The van der Waals surface area contributed by atoms with Crippen molar-refractivity contribution < 1.29 is 4.79 Å². The zero-order valence-electron chi connectivity index (χ0n) is 10.4. The van der Waals surface area contributed by atoms with Gasteiger partial charge >= 0.3 is 0 Å². The monoisotopic (exact) mass is 289 g/mol. The van der Waals surface area contributed by atoms with Gasteiger partial charge in [0.1, 0.15) is 5.01 Å². The lowest BCUT2D eigenvalue weighted by Gasteiger charge is -1.99. The maximum absolute atomic E-state index is 12.3. The Morgan fingerprint density at radius 2 is 1.95 bits per heavy atom. The maximum atomic E-state index is 12.3. The molecule has 0 spiro atoms. The summed E-state index contributed by atoms with van der Waals surface area (Å²) < 4.78 is 1.12. The zero-order valence-corrected chi connectivity index (χ0v) is 12.1. The van der Waals surface area contributed by atoms with Gasteiger partial charge in [-0.25, -0.2) is 0 Å². The molecule has 19 heavy (non-hydrogen) atoms. The summed E-state index contributed by atoms with van der Waals surface area (Å²) in [5.41, 5.74) is 1.01. The number of hydrogen-bond acceptors (Lipinski definition) is 5. The highest BCUT2D eigenvalue weighted by Crippen LogP contribution is 2.31. The van der Waals surface area contributed by atoms with Crippen molar-refractivity contribution in [3.63, 3.8) is 0 Å². The van der Waals surface area contributed by atoms with Crippen LogP contribution in [-0.4, -0.2) is 16.1 Å². The van der Waals surface area contributed by atoms with Crippen LogP contribution in [0.25, 0.3) is 10.1 Å². The van der Waals surface area contributed by atoms with E-state index < -0.39 is 0 Å². The van der Waals surface area contributed by atoms with Gasteiger partial charge in [0, 0.05) is 4.70 Å². The first-order chi connectivity index (χ1) is 9.15. The van der Waals surface area contributed by atoms with Crippen LogP contribution >= 0.6 is 22.7 Å². The topological polar surface area (TPSA) is 54.9 Å². The average Bonchev–Trinajstić information content (AvgIpc) is 2.94. The first kappa shape index (κ1) is 12.3. The number of carbonyl (C=O) groups excluding carboxylic acids is 1. The molecule has 0 saturated carbocycles. The van der Waals surface area contributed by atoms with E-state index in [-0.39, 0.29) is 5.91 Å². The fraction of sp³-hybridized carbons (Fsp3) is 0.154. The summed E-state index contributed by atoms with van der Waals surface area (Å²) in [4.78, 5) is 13.0. The third-order valence-corrected chi connectivity index (χ3v) is 4.82. The average molecular weight is 289 g/mol. The minimum absolute atomic E-state index is 0.116. The maximum Gasteiger partial charge on any atom is 0.267 e. The molecule has 0 aliphatic heterocycles. The van der Waals surface area contributed by atoms with Crippen molar-refractivity contribution in [3.8, 4) is 0 Å². The van der Waals surface area contributed by atoms with Gasteiger partial charge in [-0.15, -0.1) is 21.5 Å². The Bertz CT molecular complexity index is 760. The number of amides is 1. The Kier molecular flexibility index (Phi) is 3.04. The van der Waals surface area contributed by atoms with E-state index in [1.807, 2.05) is 38.1 Å². The van der Waals surface area contributed by atoms with Gasteiger partial charge in [-0.1, -0.05) is 29.5 Å². The summed E-state index contributed by atoms with van der Waals surface area (Å²) in [6, 6.07) is 8.03. The van der Waals surface area contributed by atoms with Crippen LogP contribution in [0, 0.1) is 13.8 Å². The van der Waals surface area contributed by atoms with E-state index in [0.29, 0.717) is 5.13 Å². The number of thiophene rings is 1. The molecule has 1 N–H and O–H groups in total. The largest absolute Gasteiger partial charge is 0.296 e. The number of hydrogen-bond donors (Lipinski definition) is 1. The van der Waals surface area contributed by atoms with Crippen molar-refractivity contribution in [2.24, 2.45) is 0 Å². The summed E-state index contributed by atoms with van der Waals surface area (Å²) >= 11 is 2.88. The highest BCUT2D eigenvalue weighted by molar-refractivity contribution is 7.21. The number of aryl methyl sites for hydroxylation is 2. The smallest absolute Gasteiger partial charge is 0.267 e. The van der Waals surface area contributed by atoms with Gasteiger partial charge in [0.25, 0.3) is 5.91 Å². The molecule has 0 bridgehead atoms. The van der Waals surface area contributed by atoms with E-state index in [2.05, 4.69) is 15.5 Å². The quantitative estimate of drug-likeness (QED) is 0.784. The van der Waals surface area contributed by atoms with Crippen LogP contribution in [0.3, 0.4) is 0 Å². The second-order valence-corrected chi connectivity index (χ2v) is 6.37. The molecule has 2 aromatic heterocycles. The Hall–Kier alpha value is -1.79. The first-order valence-corrected chi connectivity index (χ1v) is 7.38. The fourth-order valence-electron chi connectivity index (χ4n) is 1.89. The van der Waals surface area contributed by atoms with Crippen LogP contribution < -0.4 is 5.32 Å². The Balaban J connectivity index is 1.95. The van der Waals surface area contributed by atoms with Crippen LogP contribution in [0.15, 0.2) is 24.3 Å². The number of rotatable bonds is 2. The lowest BCUT2D eigenvalue weighted by molar-refractivity contribution is 0.103. The number of fused-ring (bicyclic) bond motifs is 1. The predicted octanol–water partition coefficient (Wildman–Crippen LogP) is 3.62. The summed E-state index contributed by atoms with van der Waals surface area (Å²) in [7, 11) is 0. The molecule has 2 heterocycles. The normalized spacial score (nSPS) is 10.8. The molecule has 0 aliphatic rings. The van der Waals surface area contributed by atoms with E-state index in [1.165, 1.54) is 22.7 Å². The van der Waals surface area contributed by atoms with Crippen molar-refractivity contribution >= 4 is 43.8 Å². The lowest BCUT2D eigenvalue weighted by Crippen LogP contribution is -2.11. The minimum atomic E-state index is -0.116. The van der Waals surface area contributed by atoms with Crippen molar-refractivity contribution in [3.05, 3.63) is 39.7 Å². The van der Waals surface area contributed by atoms with E-state index in [0.717, 1.165) is 25.5 Å². The van der Waals surface area contributed by atoms with Crippen LogP contribution in [0.4, 0.5) is 5.13 Å². The van der Waals surface area contributed by atoms with E-state index in [4.69, 9.17) is 0 Å². The predicted molar refractivity (Wildman–Crippen MR) is 79.2 cm³/mol. The highest BCUT2D eigenvalue weighted by atomic mass is 32.1. The highest BCUT2D eigenvalue weighted by Gasteiger charge is 2.16. The van der Waals surface area contributed by atoms with Crippen LogP contribution in [0.5, 0.6) is 0 Å². The number of benzene rings is 1. The van der Waals surface area contributed by atoms with Crippen LogP contribution in [0.2, 0.25) is 0 Å². The van der Waals surface area contributed by atoms with Crippen molar-refractivity contribution in [1.82, 2.24) is 10.2 Å². The van der Waals surface area contributed by atoms with Crippen molar-refractivity contribution in [1.29, 1.82) is 0 Å². The molecule has 3 rings (SSSR count). The molecule has 0 atom stereocenters. The molecule has 4 nitrogen and oxygen atoms in total. The molecular weight excluding hydrogens is 278 g/mol. The summed E-state index contributed by atoms with van der Waals surface area (Å²) in [5, 5.41) is 13.1. The van der Waals surface area contributed by atoms with E-state index >= 15 is 0 Å². The second kappa shape index (κ2) is 4.71. The van der Waals surface area contributed by atoms with Gasteiger partial charge in [-0.05, 0) is 30.9 Å². The first-order valence-electron chi connectivity index (χ1n) is 5.75. The summed E-state index contributed by atoms with van der Waals surface area (Å²) in [6.45, 7) is 3.83. The molecule has 0 unspecified atom stereocenters. The standard InChI is InChI=1S/C13H11N3OS2/c1-7-9-5-3-4-6-10(9)19-11(7)12(17)14-13-16-15-8(2)18-13/h3-6H,1-2H3,(H,14,16,17). The number of carbonyl (C=O) groups is 1. The molecular formula is C13H11N3OS2. The Morgan fingerprint density at radius 3 is 2.63 bits per heavy atom. The van der Waals surface area contributed by atoms with Crippen LogP contribution in [-0.2, 0) is 0 Å². The molecule has 1 aromatic carbocycles. The molecule has 0 fully saturated rings. The molecule has 0 saturated heterocycles. The van der Waals surface area contributed by atoms with E-state index in [1.54, 1.807) is 0 Å². The Morgan fingerprint density at radius 1 is 1.16 bits per heavy atom. The number of nitrogens with one attached hydrogen (secondary N) is 1. The van der Waals surface area contributed by atoms with Gasteiger partial charge in [0.2, 0.25) is 5.13 Å².